The number of thiophene rings is 1. The molecule has 0 saturated carbocycles. The van der Waals surface area contributed by atoms with E-state index in [1.807, 2.05) is 40.6 Å². The van der Waals surface area contributed by atoms with Crippen molar-refractivity contribution in [3.05, 3.63) is 93.2 Å². The first-order valence-electron chi connectivity index (χ1n) is 10.4. The number of aryl methyl sites for hydroxylation is 1. The summed E-state index contributed by atoms with van der Waals surface area (Å²) >= 11 is 1.64. The van der Waals surface area contributed by atoms with E-state index in [0.29, 0.717) is 18.5 Å². The topological polar surface area (TPSA) is 49.4 Å². The highest BCUT2D eigenvalue weighted by atomic mass is 32.1. The summed E-state index contributed by atoms with van der Waals surface area (Å²) < 4.78 is 0. The third-order valence-corrected chi connectivity index (χ3v) is 6.52. The molecule has 1 saturated heterocycles. The van der Waals surface area contributed by atoms with E-state index in [0.717, 1.165) is 35.4 Å². The molecule has 0 spiro atoms. The summed E-state index contributed by atoms with van der Waals surface area (Å²) in [6, 6.07) is 19.9. The van der Waals surface area contributed by atoms with Crippen LogP contribution in [0.4, 0.5) is 0 Å². The van der Waals surface area contributed by atoms with Crippen LogP contribution in [0.2, 0.25) is 0 Å². The van der Waals surface area contributed by atoms with E-state index in [1.165, 1.54) is 5.56 Å². The van der Waals surface area contributed by atoms with Gasteiger partial charge in [0.15, 0.2) is 0 Å². The number of amides is 2. The fraction of sp³-hybridized carbons (Fsp3) is 0.280. The van der Waals surface area contributed by atoms with Crippen molar-refractivity contribution in [1.82, 2.24) is 10.2 Å². The Labute approximate surface area is 181 Å². The first-order valence-corrected chi connectivity index (χ1v) is 11.3. The number of hydrogen-bond donors (Lipinski definition) is 1. The van der Waals surface area contributed by atoms with Gasteiger partial charge >= 0.3 is 0 Å². The molecule has 30 heavy (non-hydrogen) atoms. The minimum Gasteiger partial charge on any atom is -0.340 e. The molecule has 2 amide bonds. The lowest BCUT2D eigenvalue weighted by molar-refractivity contribution is -0.128. The van der Waals surface area contributed by atoms with Gasteiger partial charge in [-0.1, -0.05) is 49.4 Å². The predicted octanol–water partition coefficient (Wildman–Crippen LogP) is 4.95. The average molecular weight is 419 g/mol. The van der Waals surface area contributed by atoms with Crippen molar-refractivity contribution in [2.24, 2.45) is 0 Å². The van der Waals surface area contributed by atoms with Crippen molar-refractivity contribution < 1.29 is 9.59 Å². The maximum atomic E-state index is 13.0. The standard InChI is InChI=1S/C25H26N2O2S/c1-2-18-7-11-20(12-8-18)24(22-5-4-16-30-22)26-25(29)21-13-9-19(10-14-21)17-27-15-3-6-23(27)28/h4-5,7-14,16,24H,2-3,6,15,17H2,1H3,(H,26,29). The first kappa shape index (κ1) is 20.4. The molecular weight excluding hydrogens is 392 g/mol. The van der Waals surface area contributed by atoms with E-state index >= 15 is 0 Å². The van der Waals surface area contributed by atoms with Crippen LogP contribution in [0.25, 0.3) is 0 Å². The summed E-state index contributed by atoms with van der Waals surface area (Å²) in [5.74, 6) is 0.112. The lowest BCUT2D eigenvalue weighted by atomic mass is 10.0. The molecule has 1 unspecified atom stereocenters. The average Bonchev–Trinajstić information content (AvgIpc) is 3.45. The second kappa shape index (κ2) is 9.26. The van der Waals surface area contributed by atoms with Crippen LogP contribution in [0.3, 0.4) is 0 Å². The molecule has 1 N–H and O–H groups in total. The van der Waals surface area contributed by atoms with E-state index < -0.39 is 0 Å². The second-order valence-electron chi connectivity index (χ2n) is 7.63. The van der Waals surface area contributed by atoms with E-state index in [9.17, 15) is 9.59 Å². The summed E-state index contributed by atoms with van der Waals surface area (Å²) in [6.07, 6.45) is 2.57. The van der Waals surface area contributed by atoms with Gasteiger partial charge in [0.2, 0.25) is 5.91 Å². The molecule has 2 aromatic carbocycles. The highest BCUT2D eigenvalue weighted by Gasteiger charge is 2.21. The Morgan fingerprint density at radius 3 is 2.40 bits per heavy atom. The van der Waals surface area contributed by atoms with Gasteiger partial charge in [0.05, 0.1) is 6.04 Å². The van der Waals surface area contributed by atoms with Gasteiger partial charge in [-0.15, -0.1) is 11.3 Å². The molecule has 2 heterocycles. The minimum atomic E-state index is -0.176. The SMILES string of the molecule is CCc1ccc(C(NC(=O)c2ccc(CN3CCCC3=O)cc2)c2cccs2)cc1. The third-order valence-electron chi connectivity index (χ3n) is 5.59. The Balaban J connectivity index is 1.48. The van der Waals surface area contributed by atoms with Crippen LogP contribution in [0.15, 0.2) is 66.0 Å². The van der Waals surface area contributed by atoms with Gasteiger partial charge in [-0.05, 0) is 53.1 Å². The lowest BCUT2D eigenvalue weighted by Gasteiger charge is -2.19. The van der Waals surface area contributed by atoms with Crippen LogP contribution in [-0.4, -0.2) is 23.3 Å². The zero-order valence-corrected chi connectivity index (χ0v) is 18.0. The van der Waals surface area contributed by atoms with Crippen LogP contribution < -0.4 is 5.32 Å². The largest absolute Gasteiger partial charge is 0.340 e. The molecule has 1 fully saturated rings. The lowest BCUT2D eigenvalue weighted by Crippen LogP contribution is -2.29. The van der Waals surface area contributed by atoms with Crippen LogP contribution in [0.1, 0.15) is 57.7 Å². The number of nitrogens with zero attached hydrogens (tertiary/aromatic N) is 1. The number of carbonyl (C=O) groups is 2. The normalized spacial score (nSPS) is 14.7. The molecule has 0 radical (unpaired) electrons. The number of benzene rings is 2. The molecule has 1 atom stereocenters. The van der Waals surface area contributed by atoms with Crippen molar-refractivity contribution in [2.75, 3.05) is 6.54 Å². The van der Waals surface area contributed by atoms with Crippen LogP contribution in [-0.2, 0) is 17.8 Å². The van der Waals surface area contributed by atoms with Crippen LogP contribution in [0.5, 0.6) is 0 Å². The Morgan fingerprint density at radius 2 is 1.80 bits per heavy atom. The Hall–Kier alpha value is -2.92. The number of carbonyl (C=O) groups excluding carboxylic acids is 2. The van der Waals surface area contributed by atoms with Gasteiger partial charge in [-0.25, -0.2) is 0 Å². The highest BCUT2D eigenvalue weighted by Crippen LogP contribution is 2.27. The van der Waals surface area contributed by atoms with E-state index in [-0.39, 0.29) is 17.9 Å². The predicted molar refractivity (Wildman–Crippen MR) is 121 cm³/mol. The van der Waals surface area contributed by atoms with Crippen molar-refractivity contribution in [1.29, 1.82) is 0 Å². The molecule has 154 valence electrons. The summed E-state index contributed by atoms with van der Waals surface area (Å²) in [5, 5.41) is 5.23. The van der Waals surface area contributed by atoms with E-state index in [4.69, 9.17) is 0 Å². The van der Waals surface area contributed by atoms with Crippen molar-refractivity contribution >= 4 is 23.2 Å². The quantitative estimate of drug-likeness (QED) is 0.590. The maximum Gasteiger partial charge on any atom is 0.252 e. The molecule has 3 aromatic rings. The number of likely N-dealkylation sites (tertiary alicyclic amines) is 1. The molecule has 1 aliphatic rings. The zero-order valence-electron chi connectivity index (χ0n) is 17.1. The third kappa shape index (κ3) is 4.62. The van der Waals surface area contributed by atoms with Gasteiger partial charge in [0.1, 0.15) is 0 Å². The molecule has 5 heteroatoms. The monoisotopic (exact) mass is 418 g/mol. The molecular formula is C25H26N2O2S. The van der Waals surface area contributed by atoms with Gasteiger partial charge in [0, 0.05) is 30.0 Å². The highest BCUT2D eigenvalue weighted by molar-refractivity contribution is 7.10. The fourth-order valence-electron chi connectivity index (χ4n) is 3.79. The minimum absolute atomic E-state index is 0.100. The Bertz CT molecular complexity index is 995. The number of rotatable bonds is 7. The summed E-state index contributed by atoms with van der Waals surface area (Å²) in [6.45, 7) is 3.57. The van der Waals surface area contributed by atoms with E-state index in [1.54, 1.807) is 11.3 Å². The van der Waals surface area contributed by atoms with Crippen molar-refractivity contribution in [3.63, 3.8) is 0 Å². The first-order chi connectivity index (χ1) is 14.6. The molecule has 1 aliphatic heterocycles. The van der Waals surface area contributed by atoms with Crippen LogP contribution >= 0.6 is 11.3 Å². The van der Waals surface area contributed by atoms with E-state index in [2.05, 4.69) is 42.6 Å². The Kier molecular flexibility index (Phi) is 6.29. The summed E-state index contributed by atoms with van der Waals surface area (Å²) in [4.78, 5) is 27.8. The van der Waals surface area contributed by atoms with Gasteiger partial charge in [-0.2, -0.15) is 0 Å². The summed E-state index contributed by atoms with van der Waals surface area (Å²) in [7, 11) is 0. The second-order valence-corrected chi connectivity index (χ2v) is 8.61. The van der Waals surface area contributed by atoms with Crippen LogP contribution in [0, 0.1) is 0 Å². The number of hydrogen-bond acceptors (Lipinski definition) is 3. The molecule has 0 aliphatic carbocycles. The number of nitrogens with one attached hydrogen (secondary N) is 1. The molecule has 4 rings (SSSR count). The maximum absolute atomic E-state index is 13.0. The zero-order chi connectivity index (χ0) is 20.9. The summed E-state index contributed by atoms with van der Waals surface area (Å²) in [5.41, 5.74) is 4.03. The molecule has 4 nitrogen and oxygen atoms in total. The fourth-order valence-corrected chi connectivity index (χ4v) is 4.59. The van der Waals surface area contributed by atoms with Gasteiger partial charge in [-0.3, -0.25) is 9.59 Å². The Morgan fingerprint density at radius 1 is 1.07 bits per heavy atom. The van der Waals surface area contributed by atoms with Gasteiger partial charge in [0.25, 0.3) is 5.91 Å². The molecule has 0 bridgehead atoms. The van der Waals surface area contributed by atoms with Crippen molar-refractivity contribution in [2.45, 2.75) is 38.8 Å². The molecule has 1 aromatic heterocycles. The smallest absolute Gasteiger partial charge is 0.252 e. The van der Waals surface area contributed by atoms with Crippen molar-refractivity contribution in [3.8, 4) is 0 Å². The van der Waals surface area contributed by atoms with Gasteiger partial charge < -0.3 is 10.2 Å².